The first-order valence-electron chi connectivity index (χ1n) is 8.63. The summed E-state index contributed by atoms with van der Waals surface area (Å²) in [6.07, 6.45) is 7.34. The van der Waals surface area contributed by atoms with Crippen LogP contribution < -0.4 is 0 Å². The van der Waals surface area contributed by atoms with E-state index in [-0.39, 0.29) is 5.97 Å². The van der Waals surface area contributed by atoms with Crippen LogP contribution in [0.15, 0.2) is 47.6 Å². The van der Waals surface area contributed by atoms with Crippen LogP contribution in [0, 0.1) is 6.92 Å². The molecule has 0 radical (unpaired) electrons. The standard InChI is InChI=1S/C21H28O4/c1-5-6-7-11-18(12-13-20(22)24-3)19(21(23)25-4)15-17-10-8-9-16(2)14-17/h8-10,12-14H,5-7,11,15H2,1-4H3/b13-12+,19-18+. The second kappa shape index (κ2) is 11.2. The maximum Gasteiger partial charge on any atom is 0.334 e. The van der Waals surface area contributed by atoms with E-state index < -0.39 is 5.97 Å². The third kappa shape index (κ3) is 7.38. The molecule has 25 heavy (non-hydrogen) atoms. The highest BCUT2D eigenvalue weighted by Crippen LogP contribution is 2.21. The molecule has 0 heterocycles. The Kier molecular flexibility index (Phi) is 9.30. The van der Waals surface area contributed by atoms with Crippen LogP contribution in [0.3, 0.4) is 0 Å². The van der Waals surface area contributed by atoms with Gasteiger partial charge < -0.3 is 9.47 Å². The molecule has 1 aromatic rings. The molecule has 4 heteroatoms. The number of methoxy groups -OCH3 is 2. The largest absolute Gasteiger partial charge is 0.466 e. The van der Waals surface area contributed by atoms with Crippen molar-refractivity contribution >= 4 is 11.9 Å². The van der Waals surface area contributed by atoms with Crippen LogP contribution >= 0.6 is 0 Å². The van der Waals surface area contributed by atoms with E-state index in [9.17, 15) is 9.59 Å². The summed E-state index contributed by atoms with van der Waals surface area (Å²) >= 11 is 0. The highest BCUT2D eigenvalue weighted by atomic mass is 16.5. The lowest BCUT2D eigenvalue weighted by molar-refractivity contribution is -0.136. The van der Waals surface area contributed by atoms with E-state index in [1.54, 1.807) is 6.08 Å². The lowest BCUT2D eigenvalue weighted by atomic mass is 9.95. The molecule has 0 N–H and O–H groups in total. The Labute approximate surface area is 150 Å². The minimum atomic E-state index is -0.437. The van der Waals surface area contributed by atoms with Gasteiger partial charge >= 0.3 is 11.9 Å². The van der Waals surface area contributed by atoms with Crippen LogP contribution in [0.1, 0.15) is 43.7 Å². The Morgan fingerprint density at radius 1 is 1.08 bits per heavy atom. The molecule has 136 valence electrons. The zero-order valence-electron chi connectivity index (χ0n) is 15.6. The molecule has 0 atom stereocenters. The van der Waals surface area contributed by atoms with E-state index in [2.05, 4.69) is 17.7 Å². The van der Waals surface area contributed by atoms with Gasteiger partial charge in [-0.1, -0.05) is 55.7 Å². The van der Waals surface area contributed by atoms with Crippen molar-refractivity contribution in [2.45, 2.75) is 46.0 Å². The maximum absolute atomic E-state index is 12.4. The summed E-state index contributed by atoms with van der Waals surface area (Å²) in [5.41, 5.74) is 3.59. The normalized spacial score (nSPS) is 12.0. The van der Waals surface area contributed by atoms with Crippen molar-refractivity contribution in [1.82, 2.24) is 0 Å². The number of aryl methyl sites for hydroxylation is 1. The van der Waals surface area contributed by atoms with Gasteiger partial charge in [-0.2, -0.15) is 0 Å². The zero-order chi connectivity index (χ0) is 18.7. The molecule has 0 amide bonds. The third-order valence-corrected chi connectivity index (χ3v) is 3.95. The predicted octanol–water partition coefficient (Wildman–Crippen LogP) is 4.32. The zero-order valence-corrected chi connectivity index (χ0v) is 15.6. The van der Waals surface area contributed by atoms with Crippen LogP contribution in [-0.4, -0.2) is 26.2 Å². The van der Waals surface area contributed by atoms with Gasteiger partial charge in [0.05, 0.1) is 14.2 Å². The van der Waals surface area contributed by atoms with Crippen LogP contribution in [-0.2, 0) is 25.5 Å². The molecule has 0 aliphatic rings. The number of benzene rings is 1. The van der Waals surface area contributed by atoms with Gasteiger partial charge in [0.1, 0.15) is 0 Å². The molecule has 4 nitrogen and oxygen atoms in total. The minimum Gasteiger partial charge on any atom is -0.466 e. The smallest absolute Gasteiger partial charge is 0.334 e. The fraction of sp³-hybridized carbons (Fsp3) is 0.429. The van der Waals surface area contributed by atoms with E-state index >= 15 is 0 Å². The Bertz CT molecular complexity index is 641. The number of rotatable bonds is 9. The Balaban J connectivity index is 3.22. The van der Waals surface area contributed by atoms with Gasteiger partial charge in [-0.3, -0.25) is 0 Å². The molecule has 0 spiro atoms. The van der Waals surface area contributed by atoms with Crippen LogP contribution in [0.4, 0.5) is 0 Å². The van der Waals surface area contributed by atoms with Crippen LogP contribution in [0.5, 0.6) is 0 Å². The van der Waals surface area contributed by atoms with Crippen molar-refractivity contribution < 1.29 is 19.1 Å². The fourth-order valence-corrected chi connectivity index (χ4v) is 2.60. The average molecular weight is 344 g/mol. The highest BCUT2D eigenvalue weighted by Gasteiger charge is 2.16. The summed E-state index contributed by atoms with van der Waals surface area (Å²) in [5.74, 6) is -0.796. The Hall–Kier alpha value is -2.36. The van der Waals surface area contributed by atoms with Crippen molar-refractivity contribution in [3.05, 3.63) is 58.7 Å². The van der Waals surface area contributed by atoms with Crippen molar-refractivity contribution in [3.63, 3.8) is 0 Å². The second-order valence-electron chi connectivity index (χ2n) is 5.97. The molecule has 0 aliphatic carbocycles. The van der Waals surface area contributed by atoms with Crippen molar-refractivity contribution in [2.75, 3.05) is 14.2 Å². The first-order valence-corrected chi connectivity index (χ1v) is 8.63. The molecule has 1 aromatic carbocycles. The quantitative estimate of drug-likeness (QED) is 0.290. The van der Waals surface area contributed by atoms with Gasteiger partial charge in [-0.25, -0.2) is 9.59 Å². The number of carbonyl (C=O) groups excluding carboxylic acids is 2. The Morgan fingerprint density at radius 3 is 2.44 bits per heavy atom. The molecular weight excluding hydrogens is 316 g/mol. The minimum absolute atomic E-state index is 0.359. The van der Waals surface area contributed by atoms with E-state index in [1.807, 2.05) is 25.1 Å². The second-order valence-corrected chi connectivity index (χ2v) is 5.97. The molecule has 0 unspecified atom stereocenters. The Morgan fingerprint density at radius 2 is 1.84 bits per heavy atom. The summed E-state index contributed by atoms with van der Waals surface area (Å²) < 4.78 is 9.65. The monoisotopic (exact) mass is 344 g/mol. The SMILES string of the molecule is CCCCCC(/C=C/C(=O)OC)=C(/Cc1cccc(C)c1)C(=O)OC. The summed E-state index contributed by atoms with van der Waals surface area (Å²) in [6, 6.07) is 8.03. The molecule has 0 saturated heterocycles. The van der Waals surface area contributed by atoms with Gasteiger partial charge in [-0.15, -0.1) is 0 Å². The number of unbranched alkanes of at least 4 members (excludes halogenated alkanes) is 2. The fourth-order valence-electron chi connectivity index (χ4n) is 2.60. The van der Waals surface area contributed by atoms with Gasteiger partial charge in [-0.05, 0) is 30.9 Å². The van der Waals surface area contributed by atoms with Crippen molar-refractivity contribution in [1.29, 1.82) is 0 Å². The molecule has 0 saturated carbocycles. The number of allylic oxidation sites excluding steroid dienone is 2. The molecule has 0 aliphatic heterocycles. The summed E-state index contributed by atoms with van der Waals surface area (Å²) in [7, 11) is 2.72. The van der Waals surface area contributed by atoms with Crippen LogP contribution in [0.2, 0.25) is 0 Å². The van der Waals surface area contributed by atoms with Crippen molar-refractivity contribution in [2.24, 2.45) is 0 Å². The lowest BCUT2D eigenvalue weighted by Crippen LogP contribution is -2.11. The first kappa shape index (κ1) is 20.7. The first-order chi connectivity index (χ1) is 12.0. The molecule has 0 fully saturated rings. The number of ether oxygens (including phenoxy) is 2. The number of esters is 2. The van der Waals surface area contributed by atoms with E-state index in [0.717, 1.165) is 42.4 Å². The molecular formula is C21H28O4. The number of hydrogen-bond acceptors (Lipinski definition) is 4. The van der Waals surface area contributed by atoms with E-state index in [4.69, 9.17) is 4.74 Å². The highest BCUT2D eigenvalue weighted by molar-refractivity contribution is 5.91. The van der Waals surface area contributed by atoms with Gasteiger partial charge in [0, 0.05) is 18.1 Å². The van der Waals surface area contributed by atoms with Gasteiger partial charge in [0.2, 0.25) is 0 Å². The van der Waals surface area contributed by atoms with E-state index in [1.165, 1.54) is 20.3 Å². The average Bonchev–Trinajstić information content (AvgIpc) is 2.62. The van der Waals surface area contributed by atoms with Gasteiger partial charge in [0.15, 0.2) is 0 Å². The lowest BCUT2D eigenvalue weighted by Gasteiger charge is -2.12. The number of carbonyl (C=O) groups is 2. The molecule has 1 rings (SSSR count). The van der Waals surface area contributed by atoms with Crippen LogP contribution in [0.25, 0.3) is 0 Å². The third-order valence-electron chi connectivity index (χ3n) is 3.95. The summed E-state index contributed by atoms with van der Waals surface area (Å²) in [4.78, 5) is 23.8. The van der Waals surface area contributed by atoms with Gasteiger partial charge in [0.25, 0.3) is 0 Å². The maximum atomic E-state index is 12.4. The number of hydrogen-bond donors (Lipinski definition) is 0. The van der Waals surface area contributed by atoms with Crippen molar-refractivity contribution in [3.8, 4) is 0 Å². The summed E-state index contributed by atoms with van der Waals surface area (Å²) in [6.45, 7) is 4.14. The molecule has 0 aromatic heterocycles. The topological polar surface area (TPSA) is 52.6 Å². The summed E-state index contributed by atoms with van der Waals surface area (Å²) in [5, 5.41) is 0. The molecule has 0 bridgehead atoms. The predicted molar refractivity (Wildman–Crippen MR) is 99.2 cm³/mol. The van der Waals surface area contributed by atoms with E-state index in [0.29, 0.717) is 12.0 Å².